The van der Waals surface area contributed by atoms with Crippen molar-refractivity contribution >= 4 is 22.6 Å². The zero-order chi connectivity index (χ0) is 26.8. The van der Waals surface area contributed by atoms with Gasteiger partial charge in [-0.15, -0.1) is 0 Å². The molecule has 6 rings (SSSR count). The Balaban J connectivity index is 1.44. The number of carbonyl (C=O) groups excluding carboxylic acids is 1. The molecule has 7 nitrogen and oxygen atoms in total. The van der Waals surface area contributed by atoms with Crippen molar-refractivity contribution in [3.8, 4) is 6.07 Å². The minimum absolute atomic E-state index is 0.0303. The lowest BCUT2D eigenvalue weighted by atomic mass is 9.66. The Labute approximate surface area is 219 Å². The zero-order valence-corrected chi connectivity index (χ0v) is 21.3. The topological polar surface area (TPSA) is 84.3 Å². The second-order valence-corrected chi connectivity index (χ2v) is 11.4. The fourth-order valence-electron chi connectivity index (χ4n) is 7.27. The third kappa shape index (κ3) is 3.62. The van der Waals surface area contributed by atoms with E-state index < -0.39 is 23.7 Å². The number of hydrazine groups is 1. The van der Waals surface area contributed by atoms with Crippen LogP contribution in [0.15, 0.2) is 30.9 Å². The second-order valence-electron chi connectivity index (χ2n) is 11.4. The van der Waals surface area contributed by atoms with E-state index in [9.17, 15) is 10.1 Å². The van der Waals surface area contributed by atoms with E-state index in [-0.39, 0.29) is 72.7 Å². The molecule has 1 spiro atoms. The lowest BCUT2D eigenvalue weighted by Crippen LogP contribution is -2.71. The number of hydrogen-bond donors (Lipinski definition) is 2. The Bertz CT molecular complexity index is 1350. The molecule has 4 heterocycles. The number of nitriles is 1. The molecular formula is C28H31F3N6O. The van der Waals surface area contributed by atoms with Gasteiger partial charge in [-0.25, -0.2) is 18.2 Å². The molecule has 4 atom stereocenters. The molecule has 2 N–H and O–H groups in total. The Morgan fingerprint density at radius 1 is 1.29 bits per heavy atom. The van der Waals surface area contributed by atoms with Crippen LogP contribution in [-0.4, -0.2) is 60.5 Å². The number of anilines is 1. The molecule has 4 unspecified atom stereocenters. The molecule has 200 valence electrons. The van der Waals surface area contributed by atoms with Crippen LogP contribution in [0, 0.1) is 34.4 Å². The van der Waals surface area contributed by atoms with Crippen LogP contribution in [0.3, 0.4) is 0 Å². The number of rotatable bonds is 3. The highest BCUT2D eigenvalue weighted by molar-refractivity contribution is 5.89. The normalized spacial score (nSPS) is 29.6. The molecule has 1 aliphatic carbocycles. The van der Waals surface area contributed by atoms with Crippen molar-refractivity contribution in [2.45, 2.75) is 44.1 Å². The van der Waals surface area contributed by atoms with Gasteiger partial charge in [0.2, 0.25) is 5.91 Å². The number of halogens is 3. The van der Waals surface area contributed by atoms with Crippen LogP contribution >= 0.6 is 0 Å². The SMILES string of the molecule is C=CC(=O)N1CC2(CCN(c3nc4c(F)cccc4c(C4C(C)CCC5NNCC54)c3C#N)CC2(F)F)C1. The third-order valence-corrected chi connectivity index (χ3v) is 9.38. The Kier molecular flexibility index (Phi) is 5.92. The molecule has 1 amide bonds. The Hall–Kier alpha value is -3.16. The number of likely N-dealkylation sites (tertiary alicyclic amines) is 1. The van der Waals surface area contributed by atoms with Crippen LogP contribution < -0.4 is 15.8 Å². The van der Waals surface area contributed by atoms with Gasteiger partial charge in [-0.05, 0) is 54.7 Å². The number of alkyl halides is 2. The summed E-state index contributed by atoms with van der Waals surface area (Å²) >= 11 is 0. The third-order valence-electron chi connectivity index (χ3n) is 9.38. The van der Waals surface area contributed by atoms with Gasteiger partial charge in [-0.2, -0.15) is 5.26 Å². The van der Waals surface area contributed by atoms with Gasteiger partial charge in [0.1, 0.15) is 23.2 Å². The number of piperidine rings is 1. The van der Waals surface area contributed by atoms with Gasteiger partial charge in [0.25, 0.3) is 5.92 Å². The van der Waals surface area contributed by atoms with Crippen LogP contribution in [-0.2, 0) is 4.79 Å². The predicted molar refractivity (Wildman–Crippen MR) is 137 cm³/mol. The molecule has 0 radical (unpaired) electrons. The molecule has 38 heavy (non-hydrogen) atoms. The summed E-state index contributed by atoms with van der Waals surface area (Å²) in [4.78, 5) is 19.3. The van der Waals surface area contributed by atoms with Gasteiger partial charge in [0, 0.05) is 37.6 Å². The first kappa shape index (κ1) is 25.1. The van der Waals surface area contributed by atoms with Crippen molar-refractivity contribution < 1.29 is 18.0 Å². The summed E-state index contributed by atoms with van der Waals surface area (Å²) in [6, 6.07) is 7.25. The van der Waals surface area contributed by atoms with E-state index in [1.54, 1.807) is 12.1 Å². The van der Waals surface area contributed by atoms with Crippen molar-refractivity contribution in [3.63, 3.8) is 0 Å². The maximum Gasteiger partial charge on any atom is 0.274 e. The van der Waals surface area contributed by atoms with E-state index >= 15 is 13.2 Å². The number of carbonyl (C=O) groups is 1. The van der Waals surface area contributed by atoms with Gasteiger partial charge in [-0.1, -0.05) is 25.6 Å². The fraction of sp³-hybridized carbons (Fsp3) is 0.536. The highest BCUT2D eigenvalue weighted by atomic mass is 19.3. The Morgan fingerprint density at radius 3 is 2.79 bits per heavy atom. The summed E-state index contributed by atoms with van der Waals surface area (Å²) in [5.74, 6) is -3.53. The molecule has 1 aromatic heterocycles. The number of aromatic nitrogens is 1. The highest BCUT2D eigenvalue weighted by Crippen LogP contribution is 2.52. The highest BCUT2D eigenvalue weighted by Gasteiger charge is 2.63. The monoisotopic (exact) mass is 524 g/mol. The predicted octanol–water partition coefficient (Wildman–Crippen LogP) is 3.71. The molecule has 4 aliphatic rings. The molecule has 2 aromatic rings. The number of pyridine rings is 1. The van der Waals surface area contributed by atoms with Crippen LogP contribution in [0.1, 0.15) is 43.2 Å². The Morgan fingerprint density at radius 2 is 2.08 bits per heavy atom. The van der Waals surface area contributed by atoms with Crippen LogP contribution in [0.2, 0.25) is 0 Å². The van der Waals surface area contributed by atoms with Gasteiger partial charge in [0.05, 0.1) is 17.5 Å². The van der Waals surface area contributed by atoms with Crippen molar-refractivity contribution in [3.05, 3.63) is 47.8 Å². The minimum atomic E-state index is -3.12. The van der Waals surface area contributed by atoms with Crippen molar-refractivity contribution in [2.75, 3.05) is 37.6 Å². The first-order valence-corrected chi connectivity index (χ1v) is 13.2. The number of benzene rings is 1. The number of nitrogens with one attached hydrogen (secondary N) is 2. The first-order chi connectivity index (χ1) is 18.2. The maximum absolute atomic E-state index is 15.7. The summed E-state index contributed by atoms with van der Waals surface area (Å²) in [7, 11) is 0. The molecule has 1 saturated carbocycles. The second kappa shape index (κ2) is 8.95. The zero-order valence-electron chi connectivity index (χ0n) is 21.3. The van der Waals surface area contributed by atoms with E-state index in [2.05, 4.69) is 35.4 Å². The lowest BCUT2D eigenvalue weighted by Gasteiger charge is -2.57. The quantitative estimate of drug-likeness (QED) is 0.596. The van der Waals surface area contributed by atoms with Crippen molar-refractivity contribution in [1.82, 2.24) is 20.7 Å². The summed E-state index contributed by atoms with van der Waals surface area (Å²) in [6.07, 6.45) is 3.20. The number of amides is 1. The van der Waals surface area contributed by atoms with Crippen LogP contribution in [0.5, 0.6) is 0 Å². The summed E-state index contributed by atoms with van der Waals surface area (Å²) in [5.41, 5.74) is 6.35. The van der Waals surface area contributed by atoms with E-state index in [4.69, 9.17) is 0 Å². The molecule has 3 saturated heterocycles. The number of nitrogens with zero attached hydrogens (tertiary/aromatic N) is 4. The van der Waals surface area contributed by atoms with Gasteiger partial charge >= 0.3 is 0 Å². The van der Waals surface area contributed by atoms with Crippen LogP contribution in [0.25, 0.3) is 10.9 Å². The molecule has 0 bridgehead atoms. The smallest absolute Gasteiger partial charge is 0.274 e. The number of fused-ring (bicyclic) bond motifs is 2. The standard InChI is InChI=1S/C28H31F3N6O/c1-3-22(38)37-13-27(14-37)9-10-36(15-28(27,30)31)26-18(11-32)24(17-5-4-6-20(29)25(17)34-26)23-16(2)7-8-21-19(23)12-33-35-21/h3-6,16,19,21,23,33,35H,1,7-10,12-15H2,2H3. The van der Waals surface area contributed by atoms with Gasteiger partial charge in [-0.3, -0.25) is 15.6 Å². The van der Waals surface area contributed by atoms with Crippen molar-refractivity contribution in [2.24, 2.45) is 17.3 Å². The van der Waals surface area contributed by atoms with E-state index in [1.165, 1.54) is 15.9 Å². The summed E-state index contributed by atoms with van der Waals surface area (Å²) < 4.78 is 46.6. The molecule has 4 fully saturated rings. The largest absolute Gasteiger partial charge is 0.349 e. The summed E-state index contributed by atoms with van der Waals surface area (Å²) in [5, 5.41) is 11.0. The molecule has 3 aliphatic heterocycles. The summed E-state index contributed by atoms with van der Waals surface area (Å²) in [6.45, 7) is 5.84. The average molecular weight is 525 g/mol. The maximum atomic E-state index is 15.7. The lowest BCUT2D eigenvalue weighted by molar-refractivity contribution is -0.199. The van der Waals surface area contributed by atoms with Crippen LogP contribution in [0.4, 0.5) is 19.0 Å². The van der Waals surface area contributed by atoms with E-state index in [0.29, 0.717) is 11.9 Å². The number of hydrogen-bond acceptors (Lipinski definition) is 6. The minimum Gasteiger partial charge on any atom is -0.349 e. The van der Waals surface area contributed by atoms with Crippen molar-refractivity contribution in [1.29, 1.82) is 5.26 Å². The molecular weight excluding hydrogens is 493 g/mol. The number of para-hydroxylation sites is 1. The first-order valence-electron chi connectivity index (χ1n) is 13.2. The fourth-order valence-corrected chi connectivity index (χ4v) is 7.27. The van der Waals surface area contributed by atoms with E-state index in [0.717, 1.165) is 24.5 Å². The van der Waals surface area contributed by atoms with Gasteiger partial charge < -0.3 is 9.80 Å². The van der Waals surface area contributed by atoms with Gasteiger partial charge in [0.15, 0.2) is 0 Å². The molecule has 1 aromatic carbocycles. The average Bonchev–Trinajstić information content (AvgIpc) is 3.35. The van der Waals surface area contributed by atoms with E-state index in [1.807, 2.05) is 0 Å². The molecule has 10 heteroatoms.